The normalized spacial score (nSPS) is 27.2. The van der Waals surface area contributed by atoms with Crippen molar-refractivity contribution in [2.45, 2.75) is 32.1 Å². The van der Waals surface area contributed by atoms with E-state index in [1.807, 2.05) is 12.2 Å². The first kappa shape index (κ1) is 14.7. The van der Waals surface area contributed by atoms with Crippen molar-refractivity contribution in [2.24, 2.45) is 17.8 Å². The van der Waals surface area contributed by atoms with E-state index in [0.29, 0.717) is 18.4 Å². The molecule has 0 radical (unpaired) electrons. The predicted octanol–water partition coefficient (Wildman–Crippen LogP) is 3.90. The first-order valence-corrected chi connectivity index (χ1v) is 6.72. The van der Waals surface area contributed by atoms with Crippen molar-refractivity contribution >= 4 is 5.97 Å². The summed E-state index contributed by atoms with van der Waals surface area (Å²) in [5.74, 6) is 0.997. The van der Waals surface area contributed by atoms with Crippen molar-refractivity contribution < 1.29 is 9.53 Å². The van der Waals surface area contributed by atoms with Crippen LogP contribution in [0.4, 0.5) is 0 Å². The van der Waals surface area contributed by atoms with Crippen molar-refractivity contribution in [2.75, 3.05) is 6.61 Å². The van der Waals surface area contributed by atoms with E-state index in [9.17, 15) is 4.79 Å². The molecule has 18 heavy (non-hydrogen) atoms. The Morgan fingerprint density at radius 3 is 2.44 bits per heavy atom. The Morgan fingerprint density at radius 2 is 1.83 bits per heavy atom. The van der Waals surface area contributed by atoms with E-state index in [1.54, 1.807) is 6.08 Å². The van der Waals surface area contributed by atoms with Gasteiger partial charge in [-0.25, -0.2) is 0 Å². The minimum atomic E-state index is -0.0706. The van der Waals surface area contributed by atoms with Gasteiger partial charge in [-0.3, -0.25) is 4.79 Å². The average Bonchev–Trinajstić information content (AvgIpc) is 2.37. The molecule has 0 aromatic carbocycles. The SMILES string of the molecule is C=CCOC(=O)C1CCC(CC=C)CC1CC=C. The third-order valence-corrected chi connectivity index (χ3v) is 3.71. The molecule has 0 aromatic rings. The first-order chi connectivity index (χ1) is 8.72. The van der Waals surface area contributed by atoms with Gasteiger partial charge in [0.2, 0.25) is 0 Å². The molecule has 1 rings (SSSR count). The van der Waals surface area contributed by atoms with Gasteiger partial charge in [-0.2, -0.15) is 0 Å². The van der Waals surface area contributed by atoms with E-state index in [4.69, 9.17) is 4.74 Å². The van der Waals surface area contributed by atoms with E-state index in [-0.39, 0.29) is 11.9 Å². The minimum Gasteiger partial charge on any atom is -0.461 e. The monoisotopic (exact) mass is 248 g/mol. The van der Waals surface area contributed by atoms with Crippen LogP contribution in [0.2, 0.25) is 0 Å². The van der Waals surface area contributed by atoms with Crippen LogP contribution in [0.1, 0.15) is 32.1 Å². The summed E-state index contributed by atoms with van der Waals surface area (Å²) in [5.41, 5.74) is 0. The summed E-state index contributed by atoms with van der Waals surface area (Å²) >= 11 is 0. The van der Waals surface area contributed by atoms with Crippen LogP contribution in [-0.2, 0) is 9.53 Å². The number of ether oxygens (including phenoxy) is 1. The van der Waals surface area contributed by atoms with Gasteiger partial charge in [0.05, 0.1) is 5.92 Å². The molecule has 0 spiro atoms. The standard InChI is InChI=1S/C16H24O2/c1-4-7-13-9-10-15(14(12-13)8-5-2)16(17)18-11-6-3/h4-6,13-15H,1-3,7-12H2. The molecule has 0 aliphatic heterocycles. The maximum Gasteiger partial charge on any atom is 0.309 e. The maximum atomic E-state index is 12.0. The molecule has 2 heteroatoms. The highest BCUT2D eigenvalue weighted by molar-refractivity contribution is 5.73. The van der Waals surface area contributed by atoms with Crippen LogP contribution < -0.4 is 0 Å². The summed E-state index contributed by atoms with van der Waals surface area (Å²) in [5, 5.41) is 0. The van der Waals surface area contributed by atoms with Crippen molar-refractivity contribution in [1.29, 1.82) is 0 Å². The molecule has 0 bridgehead atoms. The Balaban J connectivity index is 2.60. The fraction of sp³-hybridized carbons (Fsp3) is 0.562. The molecule has 1 aliphatic carbocycles. The van der Waals surface area contributed by atoms with Crippen LogP contribution in [-0.4, -0.2) is 12.6 Å². The van der Waals surface area contributed by atoms with Gasteiger partial charge in [-0.15, -0.1) is 13.2 Å². The Hall–Kier alpha value is -1.31. The lowest BCUT2D eigenvalue weighted by molar-refractivity contribution is -0.151. The molecule has 3 atom stereocenters. The Bertz CT molecular complexity index is 306. The number of carbonyl (C=O) groups excluding carboxylic acids is 1. The van der Waals surface area contributed by atoms with Gasteiger partial charge in [0, 0.05) is 0 Å². The number of allylic oxidation sites excluding steroid dienone is 2. The molecular formula is C16H24O2. The lowest BCUT2D eigenvalue weighted by Crippen LogP contribution is -2.32. The number of rotatable bonds is 7. The molecule has 3 unspecified atom stereocenters. The molecule has 1 saturated carbocycles. The Labute approximate surface area is 110 Å². The quantitative estimate of drug-likeness (QED) is 0.504. The van der Waals surface area contributed by atoms with Crippen LogP contribution >= 0.6 is 0 Å². The van der Waals surface area contributed by atoms with E-state index in [1.165, 1.54) is 0 Å². The number of hydrogen-bond donors (Lipinski definition) is 0. The minimum absolute atomic E-state index is 0.0315. The molecule has 0 amide bonds. The van der Waals surface area contributed by atoms with E-state index >= 15 is 0 Å². The third-order valence-electron chi connectivity index (χ3n) is 3.71. The molecule has 1 fully saturated rings. The molecule has 0 aromatic heterocycles. The van der Waals surface area contributed by atoms with Gasteiger partial charge in [0.1, 0.15) is 6.61 Å². The highest BCUT2D eigenvalue weighted by atomic mass is 16.5. The molecule has 0 N–H and O–H groups in total. The lowest BCUT2D eigenvalue weighted by atomic mass is 9.72. The largest absolute Gasteiger partial charge is 0.461 e. The smallest absolute Gasteiger partial charge is 0.309 e. The second-order valence-corrected chi connectivity index (χ2v) is 5.01. The topological polar surface area (TPSA) is 26.3 Å². The maximum absolute atomic E-state index is 12.0. The van der Waals surface area contributed by atoms with Crippen LogP contribution in [0.25, 0.3) is 0 Å². The molecule has 1 aliphatic rings. The van der Waals surface area contributed by atoms with Crippen LogP contribution in [0.15, 0.2) is 38.0 Å². The average molecular weight is 248 g/mol. The van der Waals surface area contributed by atoms with E-state index in [0.717, 1.165) is 32.1 Å². The van der Waals surface area contributed by atoms with Crippen LogP contribution in [0.5, 0.6) is 0 Å². The van der Waals surface area contributed by atoms with Crippen LogP contribution in [0.3, 0.4) is 0 Å². The second kappa shape index (κ2) is 7.91. The highest BCUT2D eigenvalue weighted by Gasteiger charge is 2.34. The first-order valence-electron chi connectivity index (χ1n) is 6.72. The van der Waals surface area contributed by atoms with E-state index in [2.05, 4.69) is 19.7 Å². The summed E-state index contributed by atoms with van der Waals surface area (Å²) in [6, 6.07) is 0. The van der Waals surface area contributed by atoms with Gasteiger partial charge >= 0.3 is 5.97 Å². The van der Waals surface area contributed by atoms with Gasteiger partial charge in [0.25, 0.3) is 0 Å². The second-order valence-electron chi connectivity index (χ2n) is 5.01. The summed E-state index contributed by atoms with van der Waals surface area (Å²) < 4.78 is 5.19. The zero-order chi connectivity index (χ0) is 13.4. The molecular weight excluding hydrogens is 224 g/mol. The van der Waals surface area contributed by atoms with Gasteiger partial charge in [0.15, 0.2) is 0 Å². The van der Waals surface area contributed by atoms with Gasteiger partial charge < -0.3 is 4.74 Å². The van der Waals surface area contributed by atoms with Gasteiger partial charge in [-0.1, -0.05) is 24.8 Å². The number of carbonyl (C=O) groups is 1. The van der Waals surface area contributed by atoms with Crippen molar-refractivity contribution in [1.82, 2.24) is 0 Å². The Kier molecular flexibility index (Phi) is 6.48. The number of esters is 1. The van der Waals surface area contributed by atoms with Crippen molar-refractivity contribution in [3.05, 3.63) is 38.0 Å². The summed E-state index contributed by atoms with van der Waals surface area (Å²) in [6.07, 6.45) is 10.5. The molecule has 100 valence electrons. The van der Waals surface area contributed by atoms with Crippen molar-refractivity contribution in [3.63, 3.8) is 0 Å². The lowest BCUT2D eigenvalue weighted by Gasteiger charge is -2.34. The van der Waals surface area contributed by atoms with Crippen LogP contribution in [0, 0.1) is 17.8 Å². The molecule has 0 saturated heterocycles. The fourth-order valence-electron chi connectivity index (χ4n) is 2.84. The fourth-order valence-corrected chi connectivity index (χ4v) is 2.84. The third kappa shape index (κ3) is 4.17. The number of hydrogen-bond acceptors (Lipinski definition) is 2. The Morgan fingerprint density at radius 1 is 1.11 bits per heavy atom. The predicted molar refractivity (Wildman–Crippen MR) is 75.1 cm³/mol. The zero-order valence-corrected chi connectivity index (χ0v) is 11.1. The van der Waals surface area contributed by atoms with Crippen molar-refractivity contribution in [3.8, 4) is 0 Å². The summed E-state index contributed by atoms with van der Waals surface area (Å²) in [4.78, 5) is 12.0. The van der Waals surface area contributed by atoms with E-state index < -0.39 is 0 Å². The van der Waals surface area contributed by atoms with Gasteiger partial charge in [-0.05, 0) is 43.9 Å². The summed E-state index contributed by atoms with van der Waals surface area (Å²) in [6.45, 7) is 11.5. The summed E-state index contributed by atoms with van der Waals surface area (Å²) in [7, 11) is 0. The highest BCUT2D eigenvalue weighted by Crippen LogP contribution is 2.38. The molecule has 0 heterocycles. The zero-order valence-electron chi connectivity index (χ0n) is 11.1. The molecule has 2 nitrogen and oxygen atoms in total.